The lowest BCUT2D eigenvalue weighted by atomic mass is 10.1. The van der Waals surface area contributed by atoms with E-state index in [1.165, 1.54) is 25.7 Å². The molecule has 0 atom stereocenters. The van der Waals surface area contributed by atoms with Crippen LogP contribution >= 0.6 is 12.2 Å². The van der Waals surface area contributed by atoms with Gasteiger partial charge in [-0.1, -0.05) is 25.1 Å². The summed E-state index contributed by atoms with van der Waals surface area (Å²) in [6.07, 6.45) is 7.14. The van der Waals surface area contributed by atoms with E-state index in [1.807, 2.05) is 13.0 Å². The number of rotatable bonds is 6. The molecule has 3 nitrogen and oxygen atoms in total. The van der Waals surface area contributed by atoms with Gasteiger partial charge in [-0.15, -0.1) is 0 Å². The SMILES string of the molecule is Cc1ccnc(NCCCC2CC2)c1C(N)=S. The Hall–Kier alpha value is -1.16. The molecule has 1 aliphatic rings. The van der Waals surface area contributed by atoms with Gasteiger partial charge in [0.05, 0.1) is 5.56 Å². The normalized spacial score (nSPS) is 14.6. The highest BCUT2D eigenvalue weighted by molar-refractivity contribution is 7.80. The summed E-state index contributed by atoms with van der Waals surface area (Å²) in [7, 11) is 0. The third-order valence-corrected chi connectivity index (χ3v) is 3.39. The molecule has 0 spiro atoms. The Balaban J connectivity index is 1.93. The summed E-state index contributed by atoms with van der Waals surface area (Å²) in [6, 6.07) is 1.93. The fourth-order valence-electron chi connectivity index (χ4n) is 2.01. The molecule has 1 heterocycles. The van der Waals surface area contributed by atoms with Crippen LogP contribution in [0, 0.1) is 12.8 Å². The monoisotopic (exact) mass is 249 g/mol. The van der Waals surface area contributed by atoms with E-state index in [1.54, 1.807) is 6.20 Å². The Morgan fingerprint density at radius 1 is 1.59 bits per heavy atom. The Morgan fingerprint density at radius 2 is 2.35 bits per heavy atom. The molecule has 0 aromatic carbocycles. The maximum Gasteiger partial charge on any atom is 0.136 e. The third-order valence-electron chi connectivity index (χ3n) is 3.18. The van der Waals surface area contributed by atoms with Crippen LogP contribution in [-0.4, -0.2) is 16.5 Å². The predicted molar refractivity (Wildman–Crippen MR) is 75.3 cm³/mol. The van der Waals surface area contributed by atoms with Crippen molar-refractivity contribution < 1.29 is 0 Å². The molecule has 0 amide bonds. The summed E-state index contributed by atoms with van der Waals surface area (Å²) in [5, 5.41) is 3.34. The summed E-state index contributed by atoms with van der Waals surface area (Å²) in [6.45, 7) is 2.95. The van der Waals surface area contributed by atoms with E-state index >= 15 is 0 Å². The van der Waals surface area contributed by atoms with Crippen molar-refractivity contribution in [3.05, 3.63) is 23.4 Å². The quantitative estimate of drug-likeness (QED) is 0.601. The van der Waals surface area contributed by atoms with Crippen LogP contribution < -0.4 is 11.1 Å². The van der Waals surface area contributed by atoms with Gasteiger partial charge in [0.2, 0.25) is 0 Å². The minimum Gasteiger partial charge on any atom is -0.389 e. The number of pyridine rings is 1. The summed E-state index contributed by atoms with van der Waals surface area (Å²) in [5.74, 6) is 1.81. The van der Waals surface area contributed by atoms with Gasteiger partial charge in [-0.2, -0.15) is 0 Å². The van der Waals surface area contributed by atoms with Crippen molar-refractivity contribution >= 4 is 23.0 Å². The highest BCUT2D eigenvalue weighted by Gasteiger charge is 2.20. The molecule has 1 aromatic rings. The summed E-state index contributed by atoms with van der Waals surface area (Å²) < 4.78 is 0. The predicted octanol–water partition coefficient (Wildman–Crippen LogP) is 2.63. The van der Waals surface area contributed by atoms with Crippen LogP contribution in [0.4, 0.5) is 5.82 Å². The smallest absolute Gasteiger partial charge is 0.136 e. The van der Waals surface area contributed by atoms with Gasteiger partial charge in [0.15, 0.2) is 0 Å². The lowest BCUT2D eigenvalue weighted by molar-refractivity contribution is 0.686. The first-order valence-corrected chi connectivity index (χ1v) is 6.58. The highest BCUT2D eigenvalue weighted by Crippen LogP contribution is 2.33. The number of aromatic nitrogens is 1. The van der Waals surface area contributed by atoms with E-state index in [2.05, 4.69) is 10.3 Å². The molecule has 1 aliphatic carbocycles. The average Bonchev–Trinajstić information content (AvgIpc) is 3.07. The van der Waals surface area contributed by atoms with Crippen molar-refractivity contribution in [1.82, 2.24) is 4.98 Å². The van der Waals surface area contributed by atoms with E-state index < -0.39 is 0 Å². The number of anilines is 1. The highest BCUT2D eigenvalue weighted by atomic mass is 32.1. The van der Waals surface area contributed by atoms with Gasteiger partial charge in [-0.25, -0.2) is 4.98 Å². The lowest BCUT2D eigenvalue weighted by Crippen LogP contribution is -2.16. The molecule has 92 valence electrons. The molecule has 0 unspecified atom stereocenters. The molecular formula is C13H19N3S. The maximum atomic E-state index is 5.73. The van der Waals surface area contributed by atoms with Crippen LogP contribution in [0.5, 0.6) is 0 Å². The minimum absolute atomic E-state index is 0.417. The van der Waals surface area contributed by atoms with Crippen molar-refractivity contribution in [1.29, 1.82) is 0 Å². The number of nitrogens with one attached hydrogen (secondary N) is 1. The molecule has 0 saturated heterocycles. The number of nitrogens with zero attached hydrogens (tertiary/aromatic N) is 1. The van der Waals surface area contributed by atoms with Crippen LogP contribution in [0.2, 0.25) is 0 Å². The van der Waals surface area contributed by atoms with Crippen LogP contribution in [0.1, 0.15) is 36.8 Å². The third kappa shape index (κ3) is 3.40. The molecule has 1 saturated carbocycles. The molecule has 0 aliphatic heterocycles. The van der Waals surface area contributed by atoms with E-state index in [0.29, 0.717) is 4.99 Å². The Bertz CT molecular complexity index is 413. The van der Waals surface area contributed by atoms with Gasteiger partial charge in [0.1, 0.15) is 10.8 Å². The molecule has 0 bridgehead atoms. The second kappa shape index (κ2) is 5.45. The Kier molecular flexibility index (Phi) is 3.94. The average molecular weight is 249 g/mol. The Labute approximate surface area is 108 Å². The molecule has 0 radical (unpaired) electrons. The van der Waals surface area contributed by atoms with Crippen molar-refractivity contribution in [2.45, 2.75) is 32.6 Å². The summed E-state index contributed by atoms with van der Waals surface area (Å²) in [5.41, 5.74) is 7.69. The molecule has 3 N–H and O–H groups in total. The number of thiocarbonyl (C=S) groups is 1. The van der Waals surface area contributed by atoms with E-state index in [4.69, 9.17) is 18.0 Å². The maximum absolute atomic E-state index is 5.73. The first-order chi connectivity index (χ1) is 8.18. The lowest BCUT2D eigenvalue weighted by Gasteiger charge is -2.12. The van der Waals surface area contributed by atoms with Crippen LogP contribution in [-0.2, 0) is 0 Å². The topological polar surface area (TPSA) is 50.9 Å². The zero-order valence-corrected chi connectivity index (χ0v) is 11.0. The van der Waals surface area contributed by atoms with Crippen LogP contribution in [0.25, 0.3) is 0 Å². The van der Waals surface area contributed by atoms with Gasteiger partial charge >= 0.3 is 0 Å². The second-order valence-corrected chi connectivity index (χ2v) is 5.17. The standard InChI is InChI=1S/C13H19N3S/c1-9-6-8-16-13(11(9)12(14)17)15-7-2-3-10-4-5-10/h6,8,10H,2-5,7H2,1H3,(H2,14,17)(H,15,16). The van der Waals surface area contributed by atoms with Crippen LogP contribution in [0.3, 0.4) is 0 Å². The van der Waals surface area contributed by atoms with E-state index in [9.17, 15) is 0 Å². The van der Waals surface area contributed by atoms with E-state index in [0.717, 1.165) is 29.4 Å². The minimum atomic E-state index is 0.417. The van der Waals surface area contributed by atoms with Crippen LogP contribution in [0.15, 0.2) is 12.3 Å². The molecule has 17 heavy (non-hydrogen) atoms. The van der Waals surface area contributed by atoms with Gasteiger partial charge in [0.25, 0.3) is 0 Å². The van der Waals surface area contributed by atoms with Crippen molar-refractivity contribution in [2.24, 2.45) is 11.7 Å². The van der Waals surface area contributed by atoms with Gasteiger partial charge in [-0.3, -0.25) is 0 Å². The van der Waals surface area contributed by atoms with Gasteiger partial charge in [-0.05, 0) is 37.3 Å². The Morgan fingerprint density at radius 3 is 3.00 bits per heavy atom. The first kappa shape index (κ1) is 12.3. The fourth-order valence-corrected chi connectivity index (χ4v) is 2.27. The number of aryl methyl sites for hydroxylation is 1. The van der Waals surface area contributed by atoms with E-state index in [-0.39, 0.29) is 0 Å². The van der Waals surface area contributed by atoms with Gasteiger partial charge < -0.3 is 11.1 Å². The van der Waals surface area contributed by atoms with Crippen molar-refractivity contribution in [3.8, 4) is 0 Å². The molecule has 1 fully saturated rings. The largest absolute Gasteiger partial charge is 0.389 e. The zero-order chi connectivity index (χ0) is 12.3. The summed E-state index contributed by atoms with van der Waals surface area (Å²) >= 11 is 5.07. The number of nitrogens with two attached hydrogens (primary N) is 1. The number of hydrogen-bond donors (Lipinski definition) is 2. The van der Waals surface area contributed by atoms with Crippen molar-refractivity contribution in [3.63, 3.8) is 0 Å². The number of hydrogen-bond acceptors (Lipinski definition) is 3. The first-order valence-electron chi connectivity index (χ1n) is 6.17. The second-order valence-electron chi connectivity index (χ2n) is 4.73. The molecule has 1 aromatic heterocycles. The molecular weight excluding hydrogens is 230 g/mol. The molecule has 4 heteroatoms. The zero-order valence-electron chi connectivity index (χ0n) is 10.2. The van der Waals surface area contributed by atoms with Gasteiger partial charge in [0, 0.05) is 12.7 Å². The fraction of sp³-hybridized carbons (Fsp3) is 0.538. The van der Waals surface area contributed by atoms with Crippen molar-refractivity contribution in [2.75, 3.05) is 11.9 Å². The summed E-state index contributed by atoms with van der Waals surface area (Å²) in [4.78, 5) is 4.73. The molecule has 2 rings (SSSR count).